The number of carbonyl (C=O) groups is 3. The highest BCUT2D eigenvalue weighted by Crippen LogP contribution is 2.30. The second kappa shape index (κ2) is 17.0. The molecule has 0 spiro atoms. The maximum atomic E-state index is 14.4. The Bertz CT molecular complexity index is 1240. The number of nitrogens with zero attached hydrogens (tertiary/aromatic N) is 1. The van der Waals surface area contributed by atoms with Crippen LogP contribution in [0.3, 0.4) is 0 Å². The van der Waals surface area contributed by atoms with Gasteiger partial charge in [0.1, 0.15) is 17.7 Å². The molecule has 0 saturated carbocycles. The molecule has 0 saturated heterocycles. The minimum Gasteiger partial charge on any atom is -0.444 e. The molecule has 2 unspecified atom stereocenters. The van der Waals surface area contributed by atoms with Gasteiger partial charge >= 0.3 is 6.09 Å². The van der Waals surface area contributed by atoms with Gasteiger partial charge in [0.2, 0.25) is 5.91 Å². The van der Waals surface area contributed by atoms with E-state index in [1.54, 1.807) is 56.0 Å². The Morgan fingerprint density at radius 2 is 1.63 bits per heavy atom. The first kappa shape index (κ1) is 35.7. The molecule has 8 heteroatoms. The molecule has 0 aliphatic rings. The van der Waals surface area contributed by atoms with Crippen molar-refractivity contribution in [3.05, 3.63) is 64.2 Å². The van der Waals surface area contributed by atoms with Gasteiger partial charge in [-0.25, -0.2) is 4.79 Å². The number of unbranched alkanes of at least 4 members (excludes halogenated alkanes) is 5. The minimum absolute atomic E-state index is 0.273. The summed E-state index contributed by atoms with van der Waals surface area (Å²) in [6.45, 7) is 13.3. The number of para-hydroxylation sites is 1. The molecule has 0 fully saturated rings. The molecule has 2 atom stereocenters. The van der Waals surface area contributed by atoms with Crippen molar-refractivity contribution in [2.24, 2.45) is 5.92 Å². The number of ether oxygens (including phenoxy) is 1. The van der Waals surface area contributed by atoms with Crippen LogP contribution in [0.5, 0.6) is 0 Å². The highest BCUT2D eigenvalue weighted by molar-refractivity contribution is 6.34. The molecule has 234 valence electrons. The monoisotopic (exact) mass is 609 g/mol. The Morgan fingerprint density at radius 1 is 1.00 bits per heavy atom. The Morgan fingerprint density at radius 3 is 2.19 bits per heavy atom. The highest BCUT2D eigenvalue weighted by atomic mass is 35.5. The van der Waals surface area contributed by atoms with Gasteiger partial charge in [-0.1, -0.05) is 94.7 Å². The molecule has 3 amide bonds. The minimum atomic E-state index is -1.01. The fourth-order valence-corrected chi connectivity index (χ4v) is 5.04. The van der Waals surface area contributed by atoms with E-state index < -0.39 is 29.7 Å². The average molecular weight is 610 g/mol. The first-order chi connectivity index (χ1) is 20.3. The van der Waals surface area contributed by atoms with Gasteiger partial charge in [-0.2, -0.15) is 0 Å². The van der Waals surface area contributed by atoms with Crippen molar-refractivity contribution in [2.45, 2.75) is 105 Å². The maximum Gasteiger partial charge on any atom is 0.408 e. The average Bonchev–Trinajstić information content (AvgIpc) is 2.93. The van der Waals surface area contributed by atoms with Crippen LogP contribution >= 0.6 is 11.6 Å². The van der Waals surface area contributed by atoms with E-state index >= 15 is 0 Å². The van der Waals surface area contributed by atoms with Crippen molar-refractivity contribution in [1.29, 1.82) is 0 Å². The van der Waals surface area contributed by atoms with E-state index in [-0.39, 0.29) is 11.8 Å². The number of nitrogens with one attached hydrogen (secondary N) is 2. The third kappa shape index (κ3) is 11.3. The standard InChI is InChI=1S/C35H48ClN3O4/c1-9-11-12-13-14-15-23-39(33(41)29(24(3)4)38-34(42)43-35(6,7)8)31(27-21-19-26(10-2)20-22-27)32(40)37-30-25(5)17-16-18-28(30)36/h2,16-22,24,29,31H,9,11-15,23H2,1,3-8H3,(H,37,40)(H,38,42). The number of halogens is 1. The lowest BCUT2D eigenvalue weighted by Crippen LogP contribution is -2.54. The second-order valence-electron chi connectivity index (χ2n) is 12.3. The molecule has 2 N–H and O–H groups in total. The summed E-state index contributed by atoms with van der Waals surface area (Å²) in [7, 11) is 0. The van der Waals surface area contributed by atoms with Crippen LogP contribution in [0.15, 0.2) is 42.5 Å². The van der Waals surface area contributed by atoms with Crippen LogP contribution in [0.2, 0.25) is 5.02 Å². The summed E-state index contributed by atoms with van der Waals surface area (Å²) < 4.78 is 5.47. The third-order valence-electron chi connectivity index (χ3n) is 7.06. The van der Waals surface area contributed by atoms with E-state index in [0.717, 1.165) is 37.7 Å². The molecule has 0 aliphatic heterocycles. The summed E-state index contributed by atoms with van der Waals surface area (Å²) in [5.41, 5.74) is 1.80. The molecule has 0 radical (unpaired) electrons. The van der Waals surface area contributed by atoms with Crippen LogP contribution < -0.4 is 10.6 Å². The van der Waals surface area contributed by atoms with Gasteiger partial charge in [0, 0.05) is 12.1 Å². The molecule has 0 bridgehead atoms. The molecule has 2 rings (SSSR count). The van der Waals surface area contributed by atoms with Crippen molar-refractivity contribution < 1.29 is 19.1 Å². The third-order valence-corrected chi connectivity index (χ3v) is 7.38. The number of hydrogen-bond donors (Lipinski definition) is 2. The van der Waals surface area contributed by atoms with E-state index in [4.69, 9.17) is 22.8 Å². The van der Waals surface area contributed by atoms with Gasteiger partial charge in [0.25, 0.3) is 5.91 Å². The van der Waals surface area contributed by atoms with Crippen LogP contribution in [-0.2, 0) is 14.3 Å². The second-order valence-corrected chi connectivity index (χ2v) is 12.7. The summed E-state index contributed by atoms with van der Waals surface area (Å²) in [5, 5.41) is 6.15. The predicted octanol–water partition coefficient (Wildman–Crippen LogP) is 8.05. The molecule has 0 heterocycles. The van der Waals surface area contributed by atoms with Crippen molar-refractivity contribution in [2.75, 3.05) is 11.9 Å². The number of anilines is 1. The molecule has 43 heavy (non-hydrogen) atoms. The number of aryl methyl sites for hydroxylation is 1. The number of amides is 3. The van der Waals surface area contributed by atoms with Crippen molar-refractivity contribution >= 4 is 35.2 Å². The largest absolute Gasteiger partial charge is 0.444 e. The zero-order valence-electron chi connectivity index (χ0n) is 26.8. The van der Waals surface area contributed by atoms with Crippen LogP contribution in [0, 0.1) is 25.2 Å². The summed E-state index contributed by atoms with van der Waals surface area (Å²) in [5.74, 6) is 1.55. The predicted molar refractivity (Wildman–Crippen MR) is 175 cm³/mol. The van der Waals surface area contributed by atoms with Crippen molar-refractivity contribution in [1.82, 2.24) is 10.2 Å². The first-order valence-corrected chi connectivity index (χ1v) is 15.6. The van der Waals surface area contributed by atoms with Crippen LogP contribution in [0.1, 0.15) is 103 Å². The smallest absolute Gasteiger partial charge is 0.408 e. The molecule has 2 aromatic rings. The van der Waals surface area contributed by atoms with Gasteiger partial charge in [0.15, 0.2) is 0 Å². The quantitative estimate of drug-likeness (QED) is 0.168. The normalized spacial score (nSPS) is 12.7. The SMILES string of the molecule is C#Cc1ccc(C(C(=O)Nc2c(C)cccc2Cl)N(CCCCCCCC)C(=O)C(NC(=O)OC(C)(C)C)C(C)C)cc1. The molecular weight excluding hydrogens is 562 g/mol. The van der Waals surface area contributed by atoms with E-state index in [2.05, 4.69) is 23.5 Å². The van der Waals surface area contributed by atoms with Gasteiger partial charge < -0.3 is 20.3 Å². The fourth-order valence-electron chi connectivity index (χ4n) is 4.77. The zero-order valence-corrected chi connectivity index (χ0v) is 27.5. The number of carbonyl (C=O) groups excluding carboxylic acids is 3. The Hall–Kier alpha value is -3.50. The van der Waals surface area contributed by atoms with E-state index in [1.165, 1.54) is 0 Å². The zero-order chi connectivity index (χ0) is 32.2. The summed E-state index contributed by atoms with van der Waals surface area (Å²) in [4.78, 5) is 43.0. The lowest BCUT2D eigenvalue weighted by molar-refractivity contribution is -0.141. The van der Waals surface area contributed by atoms with Gasteiger partial charge in [0.05, 0.1) is 10.7 Å². The maximum absolute atomic E-state index is 14.4. The molecule has 7 nitrogen and oxygen atoms in total. The summed E-state index contributed by atoms with van der Waals surface area (Å²) in [6, 6.07) is 10.5. The highest BCUT2D eigenvalue weighted by Gasteiger charge is 2.37. The number of alkyl carbamates (subject to hydrolysis) is 1. The van der Waals surface area contributed by atoms with Gasteiger partial charge in [-0.05, 0) is 69.4 Å². The number of hydrogen-bond acceptors (Lipinski definition) is 4. The molecule has 2 aromatic carbocycles. The molecule has 0 aliphatic carbocycles. The van der Waals surface area contributed by atoms with E-state index in [0.29, 0.717) is 34.8 Å². The molecular formula is C35H48ClN3O4. The summed E-state index contributed by atoms with van der Waals surface area (Å²) in [6.07, 6.45) is 10.9. The van der Waals surface area contributed by atoms with E-state index in [9.17, 15) is 14.4 Å². The lowest BCUT2D eigenvalue weighted by Gasteiger charge is -2.36. The number of rotatable bonds is 14. The summed E-state index contributed by atoms with van der Waals surface area (Å²) >= 11 is 6.47. The van der Waals surface area contributed by atoms with Crippen molar-refractivity contribution in [3.8, 4) is 12.3 Å². The fraction of sp³-hybridized carbons (Fsp3) is 0.514. The Labute approximate surface area is 263 Å². The first-order valence-electron chi connectivity index (χ1n) is 15.2. The van der Waals surface area contributed by atoms with E-state index in [1.807, 2.05) is 32.9 Å². The van der Waals surface area contributed by atoms with Gasteiger partial charge in [-0.3, -0.25) is 9.59 Å². The lowest BCUT2D eigenvalue weighted by atomic mass is 9.97. The number of terminal acetylenes is 1. The van der Waals surface area contributed by atoms with Crippen molar-refractivity contribution in [3.63, 3.8) is 0 Å². The Kier molecular flexibility index (Phi) is 14.1. The topological polar surface area (TPSA) is 87.7 Å². The van der Waals surface area contributed by atoms with Crippen LogP contribution in [0.4, 0.5) is 10.5 Å². The van der Waals surface area contributed by atoms with Gasteiger partial charge in [-0.15, -0.1) is 6.42 Å². The van der Waals surface area contributed by atoms with Crippen LogP contribution in [-0.4, -0.2) is 41.0 Å². The van der Waals surface area contributed by atoms with Crippen LogP contribution in [0.25, 0.3) is 0 Å². The molecule has 0 aromatic heterocycles. The number of benzene rings is 2. The Balaban J connectivity index is 2.56.